The SMILES string of the molecule is C=C(C)c1nc(CCc2ccc3c(n2)N(C)C(C)CO3)nn1/C(C)=C\N. The van der Waals surface area contributed by atoms with Gasteiger partial charge in [-0.15, -0.1) is 0 Å². The minimum atomic E-state index is 0.312. The Hall–Kier alpha value is -2.83. The fourth-order valence-corrected chi connectivity index (χ4v) is 2.80. The van der Waals surface area contributed by atoms with Crippen LogP contribution >= 0.6 is 0 Å². The highest BCUT2D eigenvalue weighted by Gasteiger charge is 2.23. The van der Waals surface area contributed by atoms with Gasteiger partial charge in [-0.2, -0.15) is 5.10 Å². The second-order valence-electron chi connectivity index (χ2n) is 6.75. The number of hydrogen-bond acceptors (Lipinski definition) is 6. The number of anilines is 1. The molecule has 1 atom stereocenters. The maximum atomic E-state index is 5.75. The molecule has 0 saturated carbocycles. The van der Waals surface area contributed by atoms with Crippen LogP contribution in [0.4, 0.5) is 5.82 Å². The summed E-state index contributed by atoms with van der Waals surface area (Å²) in [5.74, 6) is 3.22. The topological polar surface area (TPSA) is 82.1 Å². The van der Waals surface area contributed by atoms with E-state index in [9.17, 15) is 0 Å². The largest absolute Gasteiger partial charge is 0.488 e. The van der Waals surface area contributed by atoms with Crippen LogP contribution in [0.1, 0.15) is 38.1 Å². The molecule has 0 radical (unpaired) electrons. The van der Waals surface area contributed by atoms with Crippen LogP contribution in [0.15, 0.2) is 24.9 Å². The number of aromatic nitrogens is 4. The van der Waals surface area contributed by atoms with Crippen molar-refractivity contribution in [2.45, 2.75) is 39.7 Å². The van der Waals surface area contributed by atoms with Gasteiger partial charge in [0.2, 0.25) is 0 Å². The molecule has 2 N–H and O–H groups in total. The molecule has 26 heavy (non-hydrogen) atoms. The van der Waals surface area contributed by atoms with Gasteiger partial charge in [0.05, 0.1) is 11.7 Å². The van der Waals surface area contributed by atoms with E-state index >= 15 is 0 Å². The summed E-state index contributed by atoms with van der Waals surface area (Å²) in [6, 6.07) is 4.31. The fraction of sp³-hybridized carbons (Fsp3) is 0.421. The number of hydrogen-bond donors (Lipinski definition) is 1. The Bertz CT molecular complexity index is 854. The third-order valence-corrected chi connectivity index (χ3v) is 4.59. The molecule has 0 aromatic carbocycles. The van der Waals surface area contributed by atoms with Gasteiger partial charge in [-0.05, 0) is 44.9 Å². The lowest BCUT2D eigenvalue weighted by molar-refractivity contribution is 0.272. The molecule has 0 spiro atoms. The van der Waals surface area contributed by atoms with Gasteiger partial charge in [-0.1, -0.05) is 6.58 Å². The summed E-state index contributed by atoms with van der Waals surface area (Å²) in [5, 5.41) is 4.57. The normalized spacial score (nSPS) is 17.0. The van der Waals surface area contributed by atoms with Gasteiger partial charge in [0, 0.05) is 25.4 Å². The summed E-state index contributed by atoms with van der Waals surface area (Å²) >= 11 is 0. The van der Waals surface area contributed by atoms with Gasteiger partial charge in [0.1, 0.15) is 6.61 Å². The quantitative estimate of drug-likeness (QED) is 0.888. The maximum absolute atomic E-state index is 5.75. The molecule has 3 rings (SSSR count). The Balaban J connectivity index is 1.79. The van der Waals surface area contributed by atoms with Crippen molar-refractivity contribution >= 4 is 17.1 Å². The van der Waals surface area contributed by atoms with E-state index in [2.05, 4.69) is 28.5 Å². The molecule has 7 heteroatoms. The first kappa shape index (κ1) is 18.0. The Morgan fingerprint density at radius 2 is 2.12 bits per heavy atom. The molecule has 2 aromatic rings. The van der Waals surface area contributed by atoms with E-state index < -0.39 is 0 Å². The first-order chi connectivity index (χ1) is 12.4. The van der Waals surface area contributed by atoms with Crippen molar-refractivity contribution < 1.29 is 4.74 Å². The zero-order valence-electron chi connectivity index (χ0n) is 15.9. The Morgan fingerprint density at radius 1 is 1.35 bits per heavy atom. The van der Waals surface area contributed by atoms with E-state index in [0.717, 1.165) is 46.6 Å². The predicted octanol–water partition coefficient (Wildman–Crippen LogP) is 2.49. The molecule has 1 aliphatic rings. The maximum Gasteiger partial charge on any atom is 0.171 e. The number of aryl methyl sites for hydroxylation is 2. The van der Waals surface area contributed by atoms with Crippen LogP contribution in [0, 0.1) is 0 Å². The molecule has 0 saturated heterocycles. The van der Waals surface area contributed by atoms with Crippen molar-refractivity contribution in [3.63, 3.8) is 0 Å². The Labute approximate surface area is 154 Å². The number of nitrogens with zero attached hydrogens (tertiary/aromatic N) is 5. The molecule has 0 amide bonds. The first-order valence-electron chi connectivity index (χ1n) is 8.77. The summed E-state index contributed by atoms with van der Waals surface area (Å²) in [4.78, 5) is 11.5. The van der Waals surface area contributed by atoms with Crippen LogP contribution < -0.4 is 15.4 Å². The summed E-state index contributed by atoms with van der Waals surface area (Å²) in [5.41, 5.74) is 8.29. The summed E-state index contributed by atoms with van der Waals surface area (Å²) in [6.07, 6.45) is 2.96. The molecule has 1 unspecified atom stereocenters. The van der Waals surface area contributed by atoms with E-state index in [1.165, 1.54) is 6.20 Å². The number of ether oxygens (including phenoxy) is 1. The summed E-state index contributed by atoms with van der Waals surface area (Å²) < 4.78 is 7.49. The number of pyridine rings is 1. The molecule has 2 aromatic heterocycles. The lowest BCUT2D eigenvalue weighted by Gasteiger charge is -2.32. The van der Waals surface area contributed by atoms with Crippen molar-refractivity contribution in [2.24, 2.45) is 5.73 Å². The van der Waals surface area contributed by atoms with E-state index in [4.69, 9.17) is 15.5 Å². The van der Waals surface area contributed by atoms with Crippen molar-refractivity contribution in [1.82, 2.24) is 19.7 Å². The third-order valence-electron chi connectivity index (χ3n) is 4.59. The summed E-state index contributed by atoms with van der Waals surface area (Å²) in [6.45, 7) is 10.6. The number of likely N-dealkylation sites (N-methyl/N-ethyl adjacent to an activating group) is 1. The predicted molar refractivity (Wildman–Crippen MR) is 104 cm³/mol. The van der Waals surface area contributed by atoms with Gasteiger partial charge in [0.25, 0.3) is 0 Å². The average molecular weight is 354 g/mol. The summed E-state index contributed by atoms with van der Waals surface area (Å²) in [7, 11) is 2.05. The lowest BCUT2D eigenvalue weighted by Crippen LogP contribution is -2.38. The zero-order valence-corrected chi connectivity index (χ0v) is 15.9. The molecule has 3 heterocycles. The molecule has 0 bridgehead atoms. The lowest BCUT2D eigenvalue weighted by atomic mass is 10.2. The molecular formula is C19H26N6O. The van der Waals surface area contributed by atoms with Gasteiger partial charge < -0.3 is 15.4 Å². The van der Waals surface area contributed by atoms with Gasteiger partial charge in [0.15, 0.2) is 23.2 Å². The average Bonchev–Trinajstić information content (AvgIpc) is 3.07. The Kier molecular flexibility index (Phi) is 4.97. The highest BCUT2D eigenvalue weighted by atomic mass is 16.5. The van der Waals surface area contributed by atoms with Crippen LogP contribution in [0.3, 0.4) is 0 Å². The van der Waals surface area contributed by atoms with Gasteiger partial charge >= 0.3 is 0 Å². The molecule has 7 nitrogen and oxygen atoms in total. The van der Waals surface area contributed by atoms with Crippen molar-refractivity contribution in [2.75, 3.05) is 18.6 Å². The standard InChI is InChI=1S/C19H26N6O/c1-12(2)18-22-17(23-25(18)13(3)10-20)9-7-15-6-8-16-19(21-15)24(5)14(4)11-26-16/h6,8,10,14H,1,7,9,11,20H2,2-5H3/b13-10-. The number of rotatable bonds is 5. The van der Waals surface area contributed by atoms with Crippen molar-refractivity contribution in [3.8, 4) is 5.75 Å². The highest BCUT2D eigenvalue weighted by Crippen LogP contribution is 2.31. The van der Waals surface area contributed by atoms with Crippen molar-refractivity contribution in [3.05, 3.63) is 42.3 Å². The van der Waals surface area contributed by atoms with Crippen LogP contribution in [0.2, 0.25) is 0 Å². The molecule has 1 aliphatic heterocycles. The van der Waals surface area contributed by atoms with E-state index in [1.807, 2.05) is 33.0 Å². The van der Waals surface area contributed by atoms with Crippen LogP contribution in [0.25, 0.3) is 11.3 Å². The fourth-order valence-electron chi connectivity index (χ4n) is 2.80. The van der Waals surface area contributed by atoms with E-state index in [0.29, 0.717) is 19.1 Å². The Morgan fingerprint density at radius 3 is 2.81 bits per heavy atom. The van der Waals surface area contributed by atoms with E-state index in [-0.39, 0.29) is 0 Å². The number of nitrogens with two attached hydrogens (primary N) is 1. The van der Waals surface area contributed by atoms with Crippen LogP contribution in [-0.2, 0) is 12.8 Å². The second-order valence-corrected chi connectivity index (χ2v) is 6.75. The minimum absolute atomic E-state index is 0.312. The van der Waals surface area contributed by atoms with Crippen molar-refractivity contribution in [1.29, 1.82) is 0 Å². The number of fused-ring (bicyclic) bond motifs is 1. The monoisotopic (exact) mass is 354 g/mol. The molecular weight excluding hydrogens is 328 g/mol. The zero-order chi connectivity index (χ0) is 18.8. The first-order valence-corrected chi connectivity index (χ1v) is 8.77. The smallest absolute Gasteiger partial charge is 0.171 e. The van der Waals surface area contributed by atoms with Gasteiger partial charge in [-0.25, -0.2) is 14.6 Å². The third kappa shape index (κ3) is 3.42. The molecule has 138 valence electrons. The van der Waals surface area contributed by atoms with Gasteiger partial charge in [-0.3, -0.25) is 0 Å². The van der Waals surface area contributed by atoms with E-state index in [1.54, 1.807) is 4.68 Å². The minimum Gasteiger partial charge on any atom is -0.488 e. The van der Waals surface area contributed by atoms with Crippen LogP contribution in [-0.4, -0.2) is 39.4 Å². The van der Waals surface area contributed by atoms with Crippen LogP contribution in [0.5, 0.6) is 5.75 Å². The molecule has 0 aliphatic carbocycles. The highest BCUT2D eigenvalue weighted by molar-refractivity contribution is 5.59. The number of allylic oxidation sites excluding steroid dienone is 2. The second kappa shape index (κ2) is 7.19. The molecule has 0 fully saturated rings.